The van der Waals surface area contributed by atoms with E-state index in [0.29, 0.717) is 6.54 Å². The number of hydrogen-bond acceptors (Lipinski definition) is 2. The number of aromatic nitrogens is 1. The molecule has 0 saturated carbocycles. The third kappa shape index (κ3) is 3.34. The van der Waals surface area contributed by atoms with Gasteiger partial charge in [0.1, 0.15) is 5.92 Å². The predicted octanol–water partition coefficient (Wildman–Crippen LogP) is 1.13. The summed E-state index contributed by atoms with van der Waals surface area (Å²) in [4.78, 5) is 25.1. The van der Waals surface area contributed by atoms with Gasteiger partial charge in [-0.2, -0.15) is 0 Å². The average Bonchev–Trinajstić information content (AvgIpc) is 2.78. The summed E-state index contributed by atoms with van der Waals surface area (Å²) in [5.41, 5.74) is 0.842. The minimum atomic E-state index is -1.11. The van der Waals surface area contributed by atoms with Gasteiger partial charge in [-0.3, -0.25) is 9.59 Å². The van der Waals surface area contributed by atoms with Crippen molar-refractivity contribution in [2.75, 3.05) is 6.54 Å². The van der Waals surface area contributed by atoms with Crippen LogP contribution in [0.1, 0.15) is 26.3 Å². The molecule has 5 heteroatoms. The van der Waals surface area contributed by atoms with Crippen molar-refractivity contribution in [2.45, 2.75) is 26.2 Å². The number of carboxylic acid groups (broad SMARTS) is 1. The van der Waals surface area contributed by atoms with Crippen molar-refractivity contribution in [3.05, 3.63) is 24.0 Å². The lowest BCUT2D eigenvalue weighted by molar-refractivity contribution is -0.146. The van der Waals surface area contributed by atoms with E-state index in [4.69, 9.17) is 5.11 Å². The van der Waals surface area contributed by atoms with Crippen molar-refractivity contribution < 1.29 is 14.7 Å². The fourth-order valence-electron chi connectivity index (χ4n) is 1.42. The number of nitrogens with one attached hydrogen (secondary N) is 2. The van der Waals surface area contributed by atoms with Crippen molar-refractivity contribution in [3.8, 4) is 0 Å². The molecule has 0 aliphatic heterocycles. The van der Waals surface area contributed by atoms with Crippen LogP contribution in [0.4, 0.5) is 0 Å². The molecule has 1 atom stereocenters. The zero-order valence-electron chi connectivity index (χ0n) is 10.3. The first-order valence-corrected chi connectivity index (χ1v) is 5.48. The number of carbonyl (C=O) groups excluding carboxylic acids is 1. The largest absolute Gasteiger partial charge is 0.481 e. The fraction of sp³-hybridized carbons (Fsp3) is 0.500. The summed E-state index contributed by atoms with van der Waals surface area (Å²) in [6.07, 6.45) is 3.69. The molecule has 0 aromatic carbocycles. The maximum Gasteiger partial charge on any atom is 0.315 e. The van der Waals surface area contributed by atoms with E-state index in [1.807, 2.05) is 32.3 Å². The molecule has 94 valence electrons. The van der Waals surface area contributed by atoms with E-state index >= 15 is 0 Å². The Balaban J connectivity index is 2.56. The second kappa shape index (κ2) is 5.03. The normalized spacial score (nSPS) is 13.1. The highest BCUT2D eigenvalue weighted by atomic mass is 16.4. The summed E-state index contributed by atoms with van der Waals surface area (Å²) >= 11 is 0. The van der Waals surface area contributed by atoms with Crippen molar-refractivity contribution in [1.82, 2.24) is 10.3 Å². The molecule has 0 aliphatic rings. The molecule has 1 rings (SSSR count). The Labute approximate surface area is 100 Å². The van der Waals surface area contributed by atoms with Crippen LogP contribution in [-0.4, -0.2) is 28.5 Å². The highest BCUT2D eigenvalue weighted by Crippen LogP contribution is 2.21. The Morgan fingerprint density at radius 2 is 2.18 bits per heavy atom. The Morgan fingerprint density at radius 1 is 1.53 bits per heavy atom. The summed E-state index contributed by atoms with van der Waals surface area (Å²) < 4.78 is 0. The van der Waals surface area contributed by atoms with E-state index in [2.05, 4.69) is 10.3 Å². The number of amides is 1. The van der Waals surface area contributed by atoms with Gasteiger partial charge in [0.2, 0.25) is 5.91 Å². The molecule has 3 N–H and O–H groups in total. The minimum absolute atomic E-state index is 0.228. The standard InChI is InChI=1S/C12H18N2O3/c1-8(11(16)17)10(15)14-7-12(2,3)9-4-5-13-6-9/h4-6,8,13H,7H2,1-3H3,(H,14,15)(H,16,17). The first-order chi connectivity index (χ1) is 7.84. The molecular formula is C12H18N2O3. The highest BCUT2D eigenvalue weighted by Gasteiger charge is 2.25. The van der Waals surface area contributed by atoms with Gasteiger partial charge in [0.15, 0.2) is 0 Å². The summed E-state index contributed by atoms with van der Waals surface area (Å²) in [5, 5.41) is 11.4. The molecule has 1 aromatic rings. The van der Waals surface area contributed by atoms with Gasteiger partial charge >= 0.3 is 5.97 Å². The lowest BCUT2D eigenvalue weighted by Gasteiger charge is -2.24. The first kappa shape index (κ1) is 13.3. The van der Waals surface area contributed by atoms with Crippen molar-refractivity contribution in [1.29, 1.82) is 0 Å². The highest BCUT2D eigenvalue weighted by molar-refractivity contribution is 5.96. The first-order valence-electron chi connectivity index (χ1n) is 5.48. The number of hydrogen-bond donors (Lipinski definition) is 3. The number of H-pyrrole nitrogens is 1. The van der Waals surface area contributed by atoms with Crippen molar-refractivity contribution in [2.24, 2.45) is 5.92 Å². The van der Waals surface area contributed by atoms with E-state index < -0.39 is 17.8 Å². The Bertz CT molecular complexity index is 396. The van der Waals surface area contributed by atoms with Gasteiger partial charge in [0.05, 0.1) is 0 Å². The maximum atomic E-state index is 11.5. The Hall–Kier alpha value is -1.78. The Kier molecular flexibility index (Phi) is 3.93. The zero-order chi connectivity index (χ0) is 13.1. The summed E-state index contributed by atoms with van der Waals surface area (Å²) in [6.45, 7) is 5.76. The molecule has 1 amide bonds. The van der Waals surface area contributed by atoms with Gasteiger partial charge in [-0.1, -0.05) is 13.8 Å². The minimum Gasteiger partial charge on any atom is -0.481 e. The molecule has 0 bridgehead atoms. The van der Waals surface area contributed by atoms with Crippen molar-refractivity contribution in [3.63, 3.8) is 0 Å². The van der Waals surface area contributed by atoms with Crippen LogP contribution < -0.4 is 5.32 Å². The average molecular weight is 238 g/mol. The fourth-order valence-corrected chi connectivity index (χ4v) is 1.42. The number of carboxylic acids is 1. The number of aliphatic carboxylic acids is 1. The van der Waals surface area contributed by atoms with Gasteiger partial charge in [0, 0.05) is 24.4 Å². The topological polar surface area (TPSA) is 82.2 Å². The number of aromatic amines is 1. The van der Waals surface area contributed by atoms with Crippen molar-refractivity contribution >= 4 is 11.9 Å². The molecule has 0 fully saturated rings. The second-order valence-corrected chi connectivity index (χ2v) is 4.76. The molecule has 1 aromatic heterocycles. The van der Waals surface area contributed by atoms with Gasteiger partial charge in [-0.15, -0.1) is 0 Å². The van der Waals surface area contributed by atoms with Gasteiger partial charge in [0.25, 0.3) is 0 Å². The third-order valence-corrected chi connectivity index (χ3v) is 2.85. The molecule has 0 spiro atoms. The van der Waals surface area contributed by atoms with E-state index in [1.165, 1.54) is 6.92 Å². The lowest BCUT2D eigenvalue weighted by atomic mass is 9.86. The second-order valence-electron chi connectivity index (χ2n) is 4.76. The van der Waals surface area contributed by atoms with E-state index in [0.717, 1.165) is 5.56 Å². The zero-order valence-corrected chi connectivity index (χ0v) is 10.3. The monoisotopic (exact) mass is 238 g/mol. The molecule has 0 saturated heterocycles. The Morgan fingerprint density at radius 3 is 2.65 bits per heavy atom. The quantitative estimate of drug-likeness (QED) is 0.672. The van der Waals surface area contributed by atoms with Crippen LogP contribution in [0.5, 0.6) is 0 Å². The predicted molar refractivity (Wildman–Crippen MR) is 63.6 cm³/mol. The lowest BCUT2D eigenvalue weighted by Crippen LogP contribution is -2.40. The van der Waals surface area contributed by atoms with E-state index in [-0.39, 0.29) is 5.41 Å². The van der Waals surface area contributed by atoms with Crippen LogP contribution in [-0.2, 0) is 15.0 Å². The summed E-state index contributed by atoms with van der Waals surface area (Å²) in [5.74, 6) is -2.58. The van der Waals surface area contributed by atoms with Crippen LogP contribution in [0.3, 0.4) is 0 Å². The van der Waals surface area contributed by atoms with Gasteiger partial charge in [-0.05, 0) is 18.6 Å². The van der Waals surface area contributed by atoms with E-state index in [9.17, 15) is 9.59 Å². The number of rotatable bonds is 5. The number of carbonyl (C=O) groups is 2. The van der Waals surface area contributed by atoms with Crippen LogP contribution in [0.15, 0.2) is 18.5 Å². The van der Waals surface area contributed by atoms with E-state index in [1.54, 1.807) is 0 Å². The molecule has 5 nitrogen and oxygen atoms in total. The molecule has 0 aliphatic carbocycles. The molecule has 17 heavy (non-hydrogen) atoms. The van der Waals surface area contributed by atoms with Crippen LogP contribution in [0.25, 0.3) is 0 Å². The third-order valence-electron chi connectivity index (χ3n) is 2.85. The van der Waals surface area contributed by atoms with Gasteiger partial charge < -0.3 is 15.4 Å². The van der Waals surface area contributed by atoms with Gasteiger partial charge in [-0.25, -0.2) is 0 Å². The van der Waals surface area contributed by atoms with Crippen LogP contribution in [0, 0.1) is 5.92 Å². The molecule has 0 radical (unpaired) electrons. The molecule has 1 unspecified atom stereocenters. The summed E-state index contributed by atoms with van der Waals surface area (Å²) in [6, 6.07) is 1.94. The summed E-state index contributed by atoms with van der Waals surface area (Å²) in [7, 11) is 0. The molecular weight excluding hydrogens is 220 g/mol. The maximum absolute atomic E-state index is 11.5. The SMILES string of the molecule is CC(C(=O)O)C(=O)NCC(C)(C)c1cc[nH]c1. The van der Waals surface area contributed by atoms with Crippen LogP contribution in [0.2, 0.25) is 0 Å². The van der Waals surface area contributed by atoms with Crippen LogP contribution >= 0.6 is 0 Å². The molecule has 1 heterocycles. The smallest absolute Gasteiger partial charge is 0.315 e.